The fraction of sp³-hybridized carbons (Fsp3) is 0.625. The fourth-order valence-electron chi connectivity index (χ4n) is 4.84. The number of benzene rings is 1. The van der Waals surface area contributed by atoms with Crippen LogP contribution in [0.4, 0.5) is 0 Å². The van der Waals surface area contributed by atoms with Crippen molar-refractivity contribution in [2.75, 3.05) is 14.2 Å². The van der Waals surface area contributed by atoms with Gasteiger partial charge in [-0.3, -0.25) is 4.79 Å². The zero-order valence-electron chi connectivity index (χ0n) is 17.4. The highest BCUT2D eigenvalue weighted by Gasteiger charge is 2.36. The molecule has 0 saturated carbocycles. The van der Waals surface area contributed by atoms with Gasteiger partial charge in [-0.1, -0.05) is 37.8 Å². The molecule has 0 heterocycles. The normalized spacial score (nSPS) is 19.9. The van der Waals surface area contributed by atoms with Crippen molar-refractivity contribution in [1.82, 2.24) is 0 Å². The summed E-state index contributed by atoms with van der Waals surface area (Å²) in [6.45, 7) is 4.40. The summed E-state index contributed by atoms with van der Waals surface area (Å²) >= 11 is 0. The van der Waals surface area contributed by atoms with Crippen molar-refractivity contribution in [2.45, 2.75) is 77.7 Å². The van der Waals surface area contributed by atoms with Gasteiger partial charge in [-0.15, -0.1) is 0 Å². The summed E-state index contributed by atoms with van der Waals surface area (Å²) in [6, 6.07) is 4.21. The average molecular weight is 371 g/mol. The van der Waals surface area contributed by atoms with Crippen LogP contribution in [0.2, 0.25) is 0 Å². The summed E-state index contributed by atoms with van der Waals surface area (Å²) < 4.78 is 11.3. The Bertz CT molecular complexity index is 717. The van der Waals surface area contributed by atoms with Gasteiger partial charge < -0.3 is 9.47 Å². The molecule has 3 nitrogen and oxygen atoms in total. The van der Waals surface area contributed by atoms with Crippen molar-refractivity contribution < 1.29 is 14.3 Å². The van der Waals surface area contributed by atoms with Crippen molar-refractivity contribution in [3.05, 3.63) is 40.0 Å². The number of carbonyl (C=O) groups excluding carboxylic acids is 1. The summed E-state index contributed by atoms with van der Waals surface area (Å²) in [5.74, 6) is 1.71. The van der Waals surface area contributed by atoms with E-state index in [1.165, 1.54) is 41.5 Å². The maximum atomic E-state index is 12.8. The van der Waals surface area contributed by atoms with Crippen LogP contribution in [0.25, 0.3) is 0 Å². The maximum Gasteiger partial charge on any atom is 0.159 e. The van der Waals surface area contributed by atoms with Gasteiger partial charge in [0.05, 0.1) is 13.2 Å². The summed E-state index contributed by atoms with van der Waals surface area (Å²) in [6.07, 6.45) is 9.43. The number of aryl methyl sites for hydroxylation is 1. The fourth-order valence-corrected chi connectivity index (χ4v) is 4.84. The van der Waals surface area contributed by atoms with Gasteiger partial charge in [0.2, 0.25) is 0 Å². The van der Waals surface area contributed by atoms with E-state index in [-0.39, 0.29) is 6.10 Å². The Labute approximate surface area is 164 Å². The molecule has 0 bridgehead atoms. The summed E-state index contributed by atoms with van der Waals surface area (Å²) in [5.41, 5.74) is 6.50. The Morgan fingerprint density at radius 1 is 1.11 bits per heavy atom. The highest BCUT2D eigenvalue weighted by Crippen LogP contribution is 2.44. The second-order valence-corrected chi connectivity index (χ2v) is 8.14. The Hall–Kier alpha value is -1.61. The molecule has 148 valence electrons. The Balaban J connectivity index is 1.76. The SMILES string of the molecule is CCCCC[C@@H](CCC1=C2Cc3c(C)ccc(OC)c3CC2CC1=O)OC. The van der Waals surface area contributed by atoms with Crippen LogP contribution in [0.5, 0.6) is 5.75 Å². The molecule has 0 N–H and O–H groups in total. The number of ether oxygens (including phenoxy) is 2. The van der Waals surface area contributed by atoms with Crippen molar-refractivity contribution in [3.63, 3.8) is 0 Å². The Kier molecular flexibility index (Phi) is 6.75. The molecule has 0 spiro atoms. The number of unbranched alkanes of at least 4 members (excludes halogenated alkanes) is 2. The van der Waals surface area contributed by atoms with Crippen molar-refractivity contribution >= 4 is 5.78 Å². The molecule has 0 fully saturated rings. The topological polar surface area (TPSA) is 35.5 Å². The Morgan fingerprint density at radius 2 is 1.93 bits per heavy atom. The van der Waals surface area contributed by atoms with Gasteiger partial charge in [0.1, 0.15) is 5.75 Å². The molecule has 0 aromatic heterocycles. The number of carbonyl (C=O) groups is 1. The van der Waals surface area contributed by atoms with Crippen LogP contribution in [0.3, 0.4) is 0 Å². The van der Waals surface area contributed by atoms with Crippen molar-refractivity contribution in [3.8, 4) is 5.75 Å². The third-order valence-electron chi connectivity index (χ3n) is 6.49. The van der Waals surface area contributed by atoms with E-state index < -0.39 is 0 Å². The van der Waals surface area contributed by atoms with Crippen LogP contribution in [-0.4, -0.2) is 26.1 Å². The maximum absolute atomic E-state index is 12.8. The second-order valence-electron chi connectivity index (χ2n) is 8.14. The van der Waals surface area contributed by atoms with Gasteiger partial charge in [-0.25, -0.2) is 0 Å². The number of hydrogen-bond donors (Lipinski definition) is 0. The molecule has 0 saturated heterocycles. The third kappa shape index (κ3) is 4.29. The highest BCUT2D eigenvalue weighted by atomic mass is 16.5. The molecule has 2 atom stereocenters. The standard InChI is InChI=1S/C24H34O3/c1-5-6-7-8-18(26-3)10-11-19-21-15-20-16(2)9-12-24(27-4)22(20)13-17(21)14-23(19)25/h9,12,17-18H,5-8,10-11,13-15H2,1-4H3/t17?,18-/m0/s1. The van der Waals surface area contributed by atoms with Gasteiger partial charge in [0.25, 0.3) is 0 Å². The van der Waals surface area contributed by atoms with Crippen LogP contribution >= 0.6 is 0 Å². The zero-order valence-corrected chi connectivity index (χ0v) is 17.4. The zero-order chi connectivity index (χ0) is 19.4. The van der Waals surface area contributed by atoms with E-state index >= 15 is 0 Å². The van der Waals surface area contributed by atoms with Crippen LogP contribution in [0.15, 0.2) is 23.3 Å². The molecule has 2 aliphatic carbocycles. The number of Topliss-reactive ketones (excluding diaryl/α,β-unsaturated/α-hetero) is 1. The number of allylic oxidation sites excluding steroid dienone is 2. The van der Waals surface area contributed by atoms with Gasteiger partial charge in [0, 0.05) is 13.5 Å². The highest BCUT2D eigenvalue weighted by molar-refractivity contribution is 5.99. The molecule has 1 unspecified atom stereocenters. The molecule has 1 aromatic rings. The molecule has 3 rings (SSSR count). The van der Waals surface area contributed by atoms with E-state index in [1.54, 1.807) is 14.2 Å². The average Bonchev–Trinajstić information content (AvgIpc) is 2.98. The van der Waals surface area contributed by atoms with E-state index in [0.717, 1.165) is 43.4 Å². The smallest absolute Gasteiger partial charge is 0.159 e. The summed E-state index contributed by atoms with van der Waals surface area (Å²) in [4.78, 5) is 12.8. The minimum atomic E-state index is 0.272. The molecule has 27 heavy (non-hydrogen) atoms. The first-order chi connectivity index (χ1) is 13.1. The molecule has 1 aromatic carbocycles. The lowest BCUT2D eigenvalue weighted by Gasteiger charge is -2.27. The second kappa shape index (κ2) is 9.05. The molecule has 0 amide bonds. The quantitative estimate of drug-likeness (QED) is 0.549. The first-order valence-corrected chi connectivity index (χ1v) is 10.5. The van der Waals surface area contributed by atoms with E-state index in [9.17, 15) is 4.79 Å². The minimum Gasteiger partial charge on any atom is -0.496 e. The Morgan fingerprint density at radius 3 is 2.63 bits per heavy atom. The predicted molar refractivity (Wildman–Crippen MR) is 109 cm³/mol. The molecule has 0 radical (unpaired) electrons. The minimum absolute atomic E-state index is 0.272. The summed E-state index contributed by atoms with van der Waals surface area (Å²) in [5, 5.41) is 0. The number of hydrogen-bond acceptors (Lipinski definition) is 3. The largest absolute Gasteiger partial charge is 0.496 e. The van der Waals surface area contributed by atoms with E-state index in [0.29, 0.717) is 18.1 Å². The number of ketones is 1. The van der Waals surface area contributed by atoms with Crippen molar-refractivity contribution in [2.24, 2.45) is 5.92 Å². The molecule has 2 aliphatic rings. The van der Waals surface area contributed by atoms with Crippen molar-refractivity contribution in [1.29, 1.82) is 0 Å². The van der Waals surface area contributed by atoms with Crippen LogP contribution in [0.1, 0.15) is 68.6 Å². The van der Waals surface area contributed by atoms with E-state index in [1.807, 2.05) is 0 Å². The first-order valence-electron chi connectivity index (χ1n) is 10.5. The summed E-state index contributed by atoms with van der Waals surface area (Å²) in [7, 11) is 3.55. The van der Waals surface area contributed by atoms with Gasteiger partial charge >= 0.3 is 0 Å². The number of methoxy groups -OCH3 is 2. The molecule has 3 heteroatoms. The molecular weight excluding hydrogens is 336 g/mol. The number of rotatable bonds is 9. The lowest BCUT2D eigenvalue weighted by Crippen LogP contribution is -2.17. The monoisotopic (exact) mass is 370 g/mol. The van der Waals surface area contributed by atoms with Gasteiger partial charge in [-0.2, -0.15) is 0 Å². The molecular formula is C24H34O3. The lowest BCUT2D eigenvalue weighted by atomic mass is 9.78. The third-order valence-corrected chi connectivity index (χ3v) is 6.49. The van der Waals surface area contributed by atoms with Crippen LogP contribution in [-0.2, 0) is 22.4 Å². The van der Waals surface area contributed by atoms with Gasteiger partial charge in [0.15, 0.2) is 5.78 Å². The predicted octanol–water partition coefficient (Wildman–Crippen LogP) is 5.36. The van der Waals surface area contributed by atoms with E-state index in [4.69, 9.17) is 9.47 Å². The number of fused-ring (bicyclic) bond motifs is 2. The first kappa shape index (κ1) is 20.1. The van der Waals surface area contributed by atoms with E-state index in [2.05, 4.69) is 26.0 Å². The molecule has 0 aliphatic heterocycles. The van der Waals surface area contributed by atoms with Crippen LogP contribution in [0, 0.1) is 12.8 Å². The van der Waals surface area contributed by atoms with Crippen LogP contribution < -0.4 is 4.74 Å². The lowest BCUT2D eigenvalue weighted by molar-refractivity contribution is -0.115. The van der Waals surface area contributed by atoms with Gasteiger partial charge in [-0.05, 0) is 73.3 Å².